The molecule has 1 saturated carbocycles. The topological polar surface area (TPSA) is 79.3 Å². The standard InChI is InChI=1S/C12H13BrN2O3/c13-10-5-4-7(6-14-10)15-11(16)8-2-1-3-9(8)12(17)18/h4-6,8-9H,1-3H2,(H,15,16)(H,17,18). The van der Waals surface area contributed by atoms with Crippen LogP contribution in [-0.2, 0) is 9.59 Å². The lowest BCUT2D eigenvalue weighted by Crippen LogP contribution is -2.30. The molecule has 0 spiro atoms. The molecule has 1 fully saturated rings. The lowest BCUT2D eigenvalue weighted by Gasteiger charge is -2.15. The van der Waals surface area contributed by atoms with E-state index in [9.17, 15) is 9.59 Å². The van der Waals surface area contributed by atoms with Gasteiger partial charge in [-0.05, 0) is 40.9 Å². The molecule has 2 atom stereocenters. The molecule has 0 aromatic carbocycles. The number of amides is 1. The van der Waals surface area contributed by atoms with Crippen molar-refractivity contribution in [3.63, 3.8) is 0 Å². The van der Waals surface area contributed by atoms with Gasteiger partial charge < -0.3 is 10.4 Å². The number of hydrogen-bond donors (Lipinski definition) is 2. The van der Waals surface area contributed by atoms with E-state index in [1.54, 1.807) is 12.1 Å². The number of halogens is 1. The van der Waals surface area contributed by atoms with Crippen LogP contribution in [0.5, 0.6) is 0 Å². The minimum Gasteiger partial charge on any atom is -0.481 e. The van der Waals surface area contributed by atoms with Crippen molar-refractivity contribution in [2.45, 2.75) is 19.3 Å². The molecular weight excluding hydrogens is 300 g/mol. The molecule has 6 heteroatoms. The van der Waals surface area contributed by atoms with Crippen molar-refractivity contribution in [1.29, 1.82) is 0 Å². The van der Waals surface area contributed by atoms with Crippen molar-refractivity contribution >= 4 is 33.5 Å². The van der Waals surface area contributed by atoms with Crippen LogP contribution in [0.3, 0.4) is 0 Å². The van der Waals surface area contributed by atoms with Crippen LogP contribution in [0.15, 0.2) is 22.9 Å². The Balaban J connectivity index is 2.03. The van der Waals surface area contributed by atoms with Crippen LogP contribution in [0.1, 0.15) is 19.3 Å². The normalized spacial score (nSPS) is 22.7. The highest BCUT2D eigenvalue weighted by atomic mass is 79.9. The second-order valence-electron chi connectivity index (χ2n) is 4.34. The molecule has 1 aliphatic carbocycles. The summed E-state index contributed by atoms with van der Waals surface area (Å²) in [6, 6.07) is 3.44. The van der Waals surface area contributed by atoms with Crippen LogP contribution in [0.2, 0.25) is 0 Å². The number of pyridine rings is 1. The number of carboxylic acids is 1. The average Bonchev–Trinajstić information content (AvgIpc) is 2.81. The van der Waals surface area contributed by atoms with Crippen molar-refractivity contribution in [1.82, 2.24) is 4.98 Å². The highest BCUT2D eigenvalue weighted by Gasteiger charge is 2.37. The van der Waals surface area contributed by atoms with Crippen LogP contribution < -0.4 is 5.32 Å². The van der Waals surface area contributed by atoms with E-state index >= 15 is 0 Å². The molecule has 2 N–H and O–H groups in total. The summed E-state index contributed by atoms with van der Waals surface area (Å²) in [4.78, 5) is 27.0. The summed E-state index contributed by atoms with van der Waals surface area (Å²) in [5.74, 6) is -2.12. The van der Waals surface area contributed by atoms with Gasteiger partial charge in [0.25, 0.3) is 0 Å². The van der Waals surface area contributed by atoms with Gasteiger partial charge in [0.05, 0.1) is 23.7 Å². The number of carbonyl (C=O) groups is 2. The largest absolute Gasteiger partial charge is 0.481 e. The molecule has 5 nitrogen and oxygen atoms in total. The Hall–Kier alpha value is -1.43. The first-order valence-electron chi connectivity index (χ1n) is 5.73. The van der Waals surface area contributed by atoms with Crippen molar-refractivity contribution in [2.24, 2.45) is 11.8 Å². The summed E-state index contributed by atoms with van der Waals surface area (Å²) in [6.45, 7) is 0. The molecule has 1 heterocycles. The van der Waals surface area contributed by atoms with Crippen LogP contribution in [0.25, 0.3) is 0 Å². The molecule has 2 unspecified atom stereocenters. The molecular formula is C12H13BrN2O3. The van der Waals surface area contributed by atoms with Crippen molar-refractivity contribution in [3.05, 3.63) is 22.9 Å². The average molecular weight is 313 g/mol. The number of carboxylic acid groups (broad SMARTS) is 1. The highest BCUT2D eigenvalue weighted by Crippen LogP contribution is 2.32. The lowest BCUT2D eigenvalue weighted by molar-refractivity contribution is -0.145. The van der Waals surface area contributed by atoms with Gasteiger partial charge in [-0.1, -0.05) is 6.42 Å². The third-order valence-electron chi connectivity index (χ3n) is 3.16. The van der Waals surface area contributed by atoms with Crippen LogP contribution in [0, 0.1) is 11.8 Å². The Labute approximate surface area is 113 Å². The molecule has 1 aromatic heterocycles. The van der Waals surface area contributed by atoms with Gasteiger partial charge in [-0.15, -0.1) is 0 Å². The number of nitrogens with zero attached hydrogens (tertiary/aromatic N) is 1. The maximum atomic E-state index is 12.0. The second kappa shape index (κ2) is 5.48. The third kappa shape index (κ3) is 2.87. The van der Waals surface area contributed by atoms with Crippen LogP contribution in [-0.4, -0.2) is 22.0 Å². The van der Waals surface area contributed by atoms with E-state index in [4.69, 9.17) is 5.11 Å². The van der Waals surface area contributed by atoms with Gasteiger partial charge >= 0.3 is 5.97 Å². The minimum atomic E-state index is -0.887. The number of anilines is 1. The van der Waals surface area contributed by atoms with E-state index in [0.29, 0.717) is 23.1 Å². The number of carbonyl (C=O) groups excluding carboxylic acids is 1. The van der Waals surface area contributed by atoms with Crippen molar-refractivity contribution < 1.29 is 14.7 Å². The first-order chi connectivity index (χ1) is 8.58. The molecule has 96 valence electrons. The van der Waals surface area contributed by atoms with Crippen molar-refractivity contribution in [2.75, 3.05) is 5.32 Å². The maximum Gasteiger partial charge on any atom is 0.307 e. The molecule has 0 radical (unpaired) electrons. The third-order valence-corrected chi connectivity index (χ3v) is 3.63. The summed E-state index contributed by atoms with van der Waals surface area (Å²) in [7, 11) is 0. The highest BCUT2D eigenvalue weighted by molar-refractivity contribution is 9.10. The summed E-state index contributed by atoms with van der Waals surface area (Å²) in [5.41, 5.74) is 0.583. The number of rotatable bonds is 3. The van der Waals surface area contributed by atoms with E-state index in [-0.39, 0.29) is 5.91 Å². The monoisotopic (exact) mass is 312 g/mol. The summed E-state index contributed by atoms with van der Waals surface area (Å²) in [6.07, 6.45) is 3.53. The fourth-order valence-electron chi connectivity index (χ4n) is 2.25. The molecule has 1 amide bonds. The Morgan fingerprint density at radius 2 is 2.06 bits per heavy atom. The Bertz CT molecular complexity index is 461. The smallest absolute Gasteiger partial charge is 0.307 e. The first-order valence-corrected chi connectivity index (χ1v) is 6.52. The van der Waals surface area contributed by atoms with E-state index < -0.39 is 17.8 Å². The summed E-state index contributed by atoms with van der Waals surface area (Å²) in [5, 5.41) is 11.7. The van der Waals surface area contributed by atoms with Gasteiger partial charge in [0.1, 0.15) is 4.60 Å². The molecule has 1 aliphatic rings. The number of hydrogen-bond acceptors (Lipinski definition) is 3. The van der Waals surface area contributed by atoms with Crippen molar-refractivity contribution in [3.8, 4) is 0 Å². The van der Waals surface area contributed by atoms with Gasteiger partial charge in [-0.25, -0.2) is 4.98 Å². The predicted octanol–water partition coefficient (Wildman–Crippen LogP) is 2.28. The second-order valence-corrected chi connectivity index (χ2v) is 5.15. The molecule has 1 aromatic rings. The zero-order valence-corrected chi connectivity index (χ0v) is 11.2. The molecule has 2 rings (SSSR count). The van der Waals surface area contributed by atoms with Gasteiger partial charge in [0.15, 0.2) is 0 Å². The first kappa shape index (κ1) is 13.0. The maximum absolute atomic E-state index is 12.0. The summed E-state index contributed by atoms with van der Waals surface area (Å²) >= 11 is 3.21. The SMILES string of the molecule is O=C(O)C1CCCC1C(=O)Nc1ccc(Br)nc1. The predicted molar refractivity (Wildman–Crippen MR) is 69.0 cm³/mol. The van der Waals surface area contributed by atoms with Crippen LogP contribution >= 0.6 is 15.9 Å². The Kier molecular flexibility index (Phi) is 3.96. The van der Waals surface area contributed by atoms with Gasteiger partial charge in [-0.3, -0.25) is 9.59 Å². The van der Waals surface area contributed by atoms with E-state index in [2.05, 4.69) is 26.2 Å². The quantitative estimate of drug-likeness (QED) is 0.839. The Morgan fingerprint density at radius 1 is 1.33 bits per heavy atom. The number of nitrogens with one attached hydrogen (secondary N) is 1. The van der Waals surface area contributed by atoms with E-state index in [0.717, 1.165) is 6.42 Å². The fraction of sp³-hybridized carbons (Fsp3) is 0.417. The minimum absolute atomic E-state index is 0.232. The molecule has 0 aliphatic heterocycles. The lowest BCUT2D eigenvalue weighted by atomic mass is 9.95. The zero-order valence-electron chi connectivity index (χ0n) is 9.60. The molecule has 0 saturated heterocycles. The number of aliphatic carboxylic acids is 1. The van der Waals surface area contributed by atoms with Gasteiger partial charge in [-0.2, -0.15) is 0 Å². The van der Waals surface area contributed by atoms with E-state index in [1.165, 1.54) is 6.20 Å². The summed E-state index contributed by atoms with van der Waals surface area (Å²) < 4.78 is 0.685. The Morgan fingerprint density at radius 3 is 2.67 bits per heavy atom. The molecule has 0 bridgehead atoms. The van der Waals surface area contributed by atoms with Gasteiger partial charge in [0.2, 0.25) is 5.91 Å². The fourth-order valence-corrected chi connectivity index (χ4v) is 2.49. The molecule has 18 heavy (non-hydrogen) atoms. The zero-order chi connectivity index (χ0) is 13.1. The van der Waals surface area contributed by atoms with E-state index in [1.807, 2.05) is 0 Å². The van der Waals surface area contributed by atoms with Gasteiger partial charge in [0, 0.05) is 0 Å². The number of aromatic nitrogens is 1. The van der Waals surface area contributed by atoms with Crippen LogP contribution in [0.4, 0.5) is 5.69 Å².